The minimum absolute atomic E-state index is 0.0490. The largest absolute Gasteiger partial charge is 0.381 e. The molecule has 1 aliphatic rings. The van der Waals surface area contributed by atoms with Gasteiger partial charge in [-0.25, -0.2) is 4.98 Å². The number of halogens is 1. The topological polar surface area (TPSA) is 46.2 Å². The molecular formula is C19H22BrN3OS. The normalized spacial score (nSPS) is 16.2. The number of aromatic nitrogens is 1. The van der Waals surface area contributed by atoms with E-state index in [9.17, 15) is 0 Å². The Morgan fingerprint density at radius 3 is 2.68 bits per heavy atom. The zero-order chi connectivity index (χ0) is 17.7. The first-order chi connectivity index (χ1) is 12.1. The van der Waals surface area contributed by atoms with Gasteiger partial charge in [0.15, 0.2) is 5.11 Å². The SMILES string of the molecule is Cc1cc(Br)cnc1NC(=S)NCC1(c2ccccc2)CCOCC1. The Balaban J connectivity index is 1.68. The number of anilines is 1. The van der Waals surface area contributed by atoms with Crippen molar-refractivity contribution in [2.75, 3.05) is 25.1 Å². The number of benzene rings is 1. The van der Waals surface area contributed by atoms with Crippen molar-refractivity contribution < 1.29 is 4.74 Å². The fourth-order valence-corrected chi connectivity index (χ4v) is 3.81. The second-order valence-electron chi connectivity index (χ2n) is 6.39. The van der Waals surface area contributed by atoms with E-state index in [4.69, 9.17) is 17.0 Å². The number of nitrogens with zero attached hydrogens (tertiary/aromatic N) is 1. The summed E-state index contributed by atoms with van der Waals surface area (Å²) in [6.07, 6.45) is 3.74. The van der Waals surface area contributed by atoms with Crippen LogP contribution in [0, 0.1) is 6.92 Å². The molecule has 132 valence electrons. The average Bonchev–Trinajstić information content (AvgIpc) is 2.64. The van der Waals surface area contributed by atoms with Gasteiger partial charge in [0.25, 0.3) is 0 Å². The summed E-state index contributed by atoms with van der Waals surface area (Å²) in [6.45, 7) is 4.35. The van der Waals surface area contributed by atoms with E-state index in [1.165, 1.54) is 5.56 Å². The van der Waals surface area contributed by atoms with Gasteiger partial charge in [0.05, 0.1) is 0 Å². The highest BCUT2D eigenvalue weighted by atomic mass is 79.9. The summed E-state index contributed by atoms with van der Waals surface area (Å²) in [7, 11) is 0. The molecule has 2 aromatic rings. The smallest absolute Gasteiger partial charge is 0.171 e. The van der Waals surface area contributed by atoms with Crippen LogP contribution in [0.5, 0.6) is 0 Å². The van der Waals surface area contributed by atoms with Crippen LogP contribution in [0.25, 0.3) is 0 Å². The van der Waals surface area contributed by atoms with Crippen LogP contribution in [0.1, 0.15) is 24.0 Å². The van der Waals surface area contributed by atoms with E-state index >= 15 is 0 Å². The molecule has 0 saturated carbocycles. The third-order valence-corrected chi connectivity index (χ3v) is 5.38. The van der Waals surface area contributed by atoms with Crippen molar-refractivity contribution in [1.82, 2.24) is 10.3 Å². The molecule has 0 atom stereocenters. The van der Waals surface area contributed by atoms with E-state index in [0.29, 0.717) is 5.11 Å². The molecule has 6 heteroatoms. The molecule has 1 saturated heterocycles. The van der Waals surface area contributed by atoms with Crippen molar-refractivity contribution in [2.24, 2.45) is 0 Å². The average molecular weight is 420 g/mol. The van der Waals surface area contributed by atoms with Crippen LogP contribution in [0.15, 0.2) is 47.1 Å². The van der Waals surface area contributed by atoms with Crippen LogP contribution in [0.3, 0.4) is 0 Å². The summed E-state index contributed by atoms with van der Waals surface area (Å²) in [6, 6.07) is 12.7. The highest BCUT2D eigenvalue weighted by molar-refractivity contribution is 9.10. The van der Waals surface area contributed by atoms with Crippen LogP contribution < -0.4 is 10.6 Å². The summed E-state index contributed by atoms with van der Waals surface area (Å²) >= 11 is 8.92. The molecule has 2 N–H and O–H groups in total. The number of rotatable bonds is 4. The van der Waals surface area contributed by atoms with Crippen molar-refractivity contribution in [3.8, 4) is 0 Å². The molecule has 0 amide bonds. The third-order valence-electron chi connectivity index (χ3n) is 4.70. The monoisotopic (exact) mass is 419 g/mol. The molecule has 0 unspecified atom stereocenters. The lowest BCUT2D eigenvalue weighted by molar-refractivity contribution is 0.0515. The Bertz CT molecular complexity index is 733. The molecule has 3 rings (SSSR count). The Kier molecular flexibility index (Phi) is 6.04. The van der Waals surface area contributed by atoms with Crippen LogP contribution in [0.2, 0.25) is 0 Å². The number of pyridine rings is 1. The van der Waals surface area contributed by atoms with E-state index < -0.39 is 0 Å². The Labute approximate surface area is 162 Å². The predicted molar refractivity (Wildman–Crippen MR) is 109 cm³/mol. The Morgan fingerprint density at radius 1 is 1.28 bits per heavy atom. The van der Waals surface area contributed by atoms with E-state index in [2.05, 4.69) is 61.9 Å². The van der Waals surface area contributed by atoms with E-state index in [-0.39, 0.29) is 5.41 Å². The second-order valence-corrected chi connectivity index (χ2v) is 7.71. The van der Waals surface area contributed by atoms with Gasteiger partial charge < -0.3 is 15.4 Å². The summed E-state index contributed by atoms with van der Waals surface area (Å²) < 4.78 is 6.54. The third kappa shape index (κ3) is 4.57. The number of aryl methyl sites for hydroxylation is 1. The van der Waals surface area contributed by atoms with Crippen molar-refractivity contribution in [3.63, 3.8) is 0 Å². The van der Waals surface area contributed by atoms with E-state index in [1.807, 2.05) is 13.0 Å². The number of hydrogen-bond acceptors (Lipinski definition) is 3. The lowest BCUT2D eigenvalue weighted by Crippen LogP contribution is -2.45. The summed E-state index contributed by atoms with van der Waals surface area (Å²) in [5, 5.41) is 7.19. The predicted octanol–water partition coefficient (Wildman–Crippen LogP) is 4.19. The van der Waals surface area contributed by atoms with Crippen LogP contribution in [0.4, 0.5) is 5.82 Å². The number of thiocarbonyl (C=S) groups is 1. The van der Waals surface area contributed by atoms with E-state index in [1.54, 1.807) is 6.20 Å². The summed E-state index contributed by atoms with van der Waals surface area (Å²) in [5.41, 5.74) is 2.43. The van der Waals surface area contributed by atoms with Gasteiger partial charge in [0, 0.05) is 35.8 Å². The van der Waals surface area contributed by atoms with Crippen molar-refractivity contribution in [1.29, 1.82) is 0 Å². The van der Waals surface area contributed by atoms with Gasteiger partial charge in [-0.15, -0.1) is 0 Å². The second kappa shape index (κ2) is 8.25. The summed E-state index contributed by atoms with van der Waals surface area (Å²) in [4.78, 5) is 4.38. The highest BCUT2D eigenvalue weighted by Crippen LogP contribution is 2.34. The van der Waals surface area contributed by atoms with Crippen molar-refractivity contribution in [2.45, 2.75) is 25.2 Å². The van der Waals surface area contributed by atoms with Crippen molar-refractivity contribution in [3.05, 3.63) is 58.2 Å². The lowest BCUT2D eigenvalue weighted by Gasteiger charge is -2.38. The van der Waals surface area contributed by atoms with E-state index in [0.717, 1.165) is 48.5 Å². The summed E-state index contributed by atoms with van der Waals surface area (Å²) in [5.74, 6) is 0.779. The highest BCUT2D eigenvalue weighted by Gasteiger charge is 2.34. The van der Waals surface area contributed by atoms with Crippen LogP contribution >= 0.6 is 28.1 Å². The van der Waals surface area contributed by atoms with Crippen molar-refractivity contribution >= 4 is 39.1 Å². The minimum Gasteiger partial charge on any atom is -0.381 e. The first-order valence-corrected chi connectivity index (χ1v) is 9.59. The van der Waals surface area contributed by atoms with Gasteiger partial charge in [-0.3, -0.25) is 0 Å². The molecule has 1 aromatic carbocycles. The first kappa shape index (κ1) is 18.3. The van der Waals surface area contributed by atoms with Gasteiger partial charge in [-0.05, 0) is 65.1 Å². The van der Waals surface area contributed by atoms with Crippen LogP contribution in [-0.2, 0) is 10.2 Å². The molecule has 1 aliphatic heterocycles. The zero-order valence-electron chi connectivity index (χ0n) is 14.2. The Hall–Kier alpha value is -1.50. The number of hydrogen-bond donors (Lipinski definition) is 2. The zero-order valence-corrected chi connectivity index (χ0v) is 16.6. The fourth-order valence-electron chi connectivity index (χ4n) is 3.19. The maximum absolute atomic E-state index is 5.58. The molecule has 25 heavy (non-hydrogen) atoms. The maximum Gasteiger partial charge on any atom is 0.171 e. The lowest BCUT2D eigenvalue weighted by atomic mass is 9.74. The number of ether oxygens (including phenoxy) is 1. The molecule has 0 bridgehead atoms. The maximum atomic E-state index is 5.58. The Morgan fingerprint density at radius 2 is 2.00 bits per heavy atom. The molecule has 2 heterocycles. The van der Waals surface area contributed by atoms with Gasteiger partial charge in [-0.2, -0.15) is 0 Å². The fraction of sp³-hybridized carbons (Fsp3) is 0.368. The molecule has 0 aliphatic carbocycles. The van der Waals surface area contributed by atoms with Gasteiger partial charge in [0.2, 0.25) is 0 Å². The molecule has 4 nitrogen and oxygen atoms in total. The van der Waals surface area contributed by atoms with Gasteiger partial charge in [-0.1, -0.05) is 30.3 Å². The standard InChI is InChI=1S/C19H22BrN3OS/c1-14-11-16(20)12-21-17(14)23-18(25)22-13-19(7-9-24-10-8-19)15-5-3-2-4-6-15/h2-6,11-12H,7-10,13H2,1H3,(H2,21,22,23,25). The van der Waals surface area contributed by atoms with Gasteiger partial charge >= 0.3 is 0 Å². The number of nitrogens with one attached hydrogen (secondary N) is 2. The minimum atomic E-state index is 0.0490. The molecule has 0 spiro atoms. The molecule has 1 fully saturated rings. The molecule has 0 radical (unpaired) electrons. The molecule has 1 aromatic heterocycles. The molecular weight excluding hydrogens is 398 g/mol. The quantitative estimate of drug-likeness (QED) is 0.727. The first-order valence-electron chi connectivity index (χ1n) is 8.39. The van der Waals surface area contributed by atoms with Gasteiger partial charge in [0.1, 0.15) is 5.82 Å². The van der Waals surface area contributed by atoms with Crippen LogP contribution in [-0.4, -0.2) is 29.9 Å².